The lowest BCUT2D eigenvalue weighted by Gasteiger charge is -2.38. The number of fused-ring (bicyclic) bond motifs is 1. The molecule has 1 aliphatic rings. The molecule has 2 heterocycles. The third-order valence-electron chi connectivity index (χ3n) is 4.61. The van der Waals surface area contributed by atoms with Crippen molar-refractivity contribution < 1.29 is 5.11 Å². The maximum Gasteiger partial charge on any atom is 0.0753 e. The number of nitrogens with zero attached hydrogens (tertiary/aromatic N) is 2. The molecule has 0 radical (unpaired) electrons. The van der Waals surface area contributed by atoms with Crippen molar-refractivity contribution in [2.45, 2.75) is 38.8 Å². The number of rotatable bonds is 3. The Morgan fingerprint density at radius 1 is 1.45 bits per heavy atom. The molecule has 2 aromatic rings. The van der Waals surface area contributed by atoms with Gasteiger partial charge >= 0.3 is 0 Å². The Kier molecular flexibility index (Phi) is 3.52. The fourth-order valence-corrected chi connectivity index (χ4v) is 3.18. The molecule has 108 valence electrons. The first-order valence-electron chi connectivity index (χ1n) is 7.51. The molecule has 20 heavy (non-hydrogen) atoms. The van der Waals surface area contributed by atoms with E-state index in [4.69, 9.17) is 5.10 Å². The molecule has 1 saturated heterocycles. The average molecular weight is 273 g/mol. The van der Waals surface area contributed by atoms with Gasteiger partial charge in [0.05, 0.1) is 16.8 Å². The quantitative estimate of drug-likeness (QED) is 0.899. The van der Waals surface area contributed by atoms with E-state index in [1.54, 1.807) is 0 Å². The smallest absolute Gasteiger partial charge is 0.0753 e. The van der Waals surface area contributed by atoms with E-state index in [9.17, 15) is 5.11 Å². The fraction of sp³-hybridized carbons (Fsp3) is 0.562. The molecule has 1 aliphatic heterocycles. The summed E-state index contributed by atoms with van der Waals surface area (Å²) in [6, 6.07) is 8.30. The topological polar surface area (TPSA) is 50.1 Å². The number of aliphatic hydroxyl groups is 1. The van der Waals surface area contributed by atoms with Crippen LogP contribution in [0.15, 0.2) is 24.3 Å². The summed E-state index contributed by atoms with van der Waals surface area (Å²) < 4.78 is 2.03. The van der Waals surface area contributed by atoms with Crippen molar-refractivity contribution in [3.05, 3.63) is 30.0 Å². The third-order valence-corrected chi connectivity index (χ3v) is 4.61. The highest BCUT2D eigenvalue weighted by Crippen LogP contribution is 2.30. The highest BCUT2D eigenvalue weighted by Gasteiger charge is 2.37. The van der Waals surface area contributed by atoms with Crippen molar-refractivity contribution in [2.75, 3.05) is 13.1 Å². The van der Waals surface area contributed by atoms with Crippen LogP contribution in [-0.2, 0) is 13.0 Å². The first-order chi connectivity index (χ1) is 9.64. The lowest BCUT2D eigenvalue weighted by molar-refractivity contribution is -0.0335. The maximum atomic E-state index is 10.9. The Balaban J connectivity index is 1.98. The molecule has 2 unspecified atom stereocenters. The minimum absolute atomic E-state index is 0.252. The van der Waals surface area contributed by atoms with Gasteiger partial charge in [0.15, 0.2) is 0 Å². The van der Waals surface area contributed by atoms with Crippen molar-refractivity contribution in [3.8, 4) is 0 Å². The van der Waals surface area contributed by atoms with Gasteiger partial charge in [0.2, 0.25) is 0 Å². The summed E-state index contributed by atoms with van der Waals surface area (Å²) in [5.41, 5.74) is 1.55. The van der Waals surface area contributed by atoms with Gasteiger partial charge in [-0.15, -0.1) is 0 Å². The highest BCUT2D eigenvalue weighted by atomic mass is 16.3. The molecule has 0 saturated carbocycles. The fourth-order valence-electron chi connectivity index (χ4n) is 3.18. The zero-order chi connectivity index (χ0) is 14.2. The van der Waals surface area contributed by atoms with Crippen LogP contribution in [0.4, 0.5) is 0 Å². The van der Waals surface area contributed by atoms with Crippen LogP contribution >= 0.6 is 0 Å². The predicted octanol–water partition coefficient (Wildman–Crippen LogP) is 1.96. The average Bonchev–Trinajstić information content (AvgIpc) is 2.81. The van der Waals surface area contributed by atoms with Crippen LogP contribution in [0.5, 0.6) is 0 Å². The largest absolute Gasteiger partial charge is 0.389 e. The zero-order valence-electron chi connectivity index (χ0n) is 12.3. The second kappa shape index (κ2) is 5.19. The lowest BCUT2D eigenvalue weighted by Crippen LogP contribution is -2.50. The number of hydrogen-bond acceptors (Lipinski definition) is 3. The molecule has 1 fully saturated rings. The maximum absolute atomic E-state index is 10.9. The Hall–Kier alpha value is -1.39. The van der Waals surface area contributed by atoms with Crippen LogP contribution in [0.1, 0.15) is 26.0 Å². The molecule has 1 aromatic heterocycles. The van der Waals surface area contributed by atoms with E-state index in [-0.39, 0.29) is 5.92 Å². The van der Waals surface area contributed by atoms with E-state index in [1.165, 1.54) is 5.39 Å². The third kappa shape index (κ3) is 2.23. The lowest BCUT2D eigenvalue weighted by atomic mass is 9.79. The molecule has 3 rings (SSSR count). The molecule has 2 N–H and O–H groups in total. The van der Waals surface area contributed by atoms with Gasteiger partial charge in [-0.3, -0.25) is 4.68 Å². The summed E-state index contributed by atoms with van der Waals surface area (Å²) in [6.07, 6.45) is 1.44. The molecule has 4 nitrogen and oxygen atoms in total. The first-order valence-corrected chi connectivity index (χ1v) is 7.51. The molecular weight excluding hydrogens is 250 g/mol. The number of nitrogens with one attached hydrogen (secondary N) is 1. The second-order valence-corrected chi connectivity index (χ2v) is 5.92. The van der Waals surface area contributed by atoms with Gasteiger partial charge in [-0.05, 0) is 31.9 Å². The minimum atomic E-state index is -0.638. The summed E-state index contributed by atoms with van der Waals surface area (Å²) >= 11 is 0. The molecule has 2 atom stereocenters. The number of para-hydroxylation sites is 1. The molecule has 0 bridgehead atoms. The van der Waals surface area contributed by atoms with Crippen molar-refractivity contribution in [2.24, 2.45) is 5.92 Å². The van der Waals surface area contributed by atoms with Gasteiger partial charge in [0.1, 0.15) is 0 Å². The van der Waals surface area contributed by atoms with Crippen LogP contribution < -0.4 is 5.32 Å². The molecule has 4 heteroatoms. The zero-order valence-corrected chi connectivity index (χ0v) is 12.3. The molecule has 1 aromatic carbocycles. The Morgan fingerprint density at radius 3 is 3.00 bits per heavy atom. The van der Waals surface area contributed by atoms with Crippen molar-refractivity contribution in [1.82, 2.24) is 15.1 Å². The van der Waals surface area contributed by atoms with E-state index in [2.05, 4.69) is 31.3 Å². The minimum Gasteiger partial charge on any atom is -0.389 e. The summed E-state index contributed by atoms with van der Waals surface area (Å²) in [6.45, 7) is 6.84. The Labute approximate surface area is 119 Å². The van der Waals surface area contributed by atoms with E-state index >= 15 is 0 Å². The number of aryl methyl sites for hydroxylation is 1. The highest BCUT2D eigenvalue weighted by molar-refractivity contribution is 5.82. The van der Waals surface area contributed by atoms with Crippen molar-refractivity contribution >= 4 is 10.9 Å². The van der Waals surface area contributed by atoms with Gasteiger partial charge in [-0.2, -0.15) is 5.10 Å². The van der Waals surface area contributed by atoms with E-state index < -0.39 is 5.60 Å². The summed E-state index contributed by atoms with van der Waals surface area (Å²) in [5, 5.41) is 20.2. The number of aromatic nitrogens is 2. The summed E-state index contributed by atoms with van der Waals surface area (Å²) in [4.78, 5) is 0. The van der Waals surface area contributed by atoms with Crippen LogP contribution in [0.2, 0.25) is 0 Å². The molecule has 0 spiro atoms. The monoisotopic (exact) mass is 273 g/mol. The van der Waals surface area contributed by atoms with Crippen molar-refractivity contribution in [3.63, 3.8) is 0 Å². The Bertz CT molecular complexity index is 607. The van der Waals surface area contributed by atoms with Gasteiger partial charge < -0.3 is 10.4 Å². The van der Waals surface area contributed by atoms with E-state index in [0.29, 0.717) is 6.42 Å². The van der Waals surface area contributed by atoms with Crippen LogP contribution in [0, 0.1) is 5.92 Å². The predicted molar refractivity (Wildman–Crippen MR) is 80.7 cm³/mol. The van der Waals surface area contributed by atoms with Gasteiger partial charge in [-0.1, -0.05) is 25.1 Å². The van der Waals surface area contributed by atoms with Crippen LogP contribution in [0.3, 0.4) is 0 Å². The first kappa shape index (κ1) is 13.6. The van der Waals surface area contributed by atoms with Crippen LogP contribution in [0.25, 0.3) is 10.9 Å². The molecular formula is C16H23N3O. The molecule has 0 amide bonds. The van der Waals surface area contributed by atoms with Crippen molar-refractivity contribution in [1.29, 1.82) is 0 Å². The van der Waals surface area contributed by atoms with E-state index in [0.717, 1.165) is 37.3 Å². The van der Waals surface area contributed by atoms with Gasteiger partial charge in [0, 0.05) is 24.9 Å². The SMILES string of the molecule is CCn1nc(CC2(O)CCNCC2C)c2ccccc21. The normalized spacial score (nSPS) is 27.1. The van der Waals surface area contributed by atoms with Crippen LogP contribution in [-0.4, -0.2) is 33.6 Å². The number of benzene rings is 1. The Morgan fingerprint density at radius 2 is 2.25 bits per heavy atom. The number of hydrogen-bond donors (Lipinski definition) is 2. The van der Waals surface area contributed by atoms with Gasteiger partial charge in [0.25, 0.3) is 0 Å². The summed E-state index contributed by atoms with van der Waals surface area (Å²) in [7, 11) is 0. The summed E-state index contributed by atoms with van der Waals surface area (Å²) in [5.74, 6) is 0.252. The standard InChI is InChI=1S/C16H23N3O/c1-3-19-15-7-5-4-6-13(15)14(18-19)10-16(20)8-9-17-11-12(16)2/h4-7,12,17,20H,3,8-11H2,1-2H3. The van der Waals surface area contributed by atoms with Gasteiger partial charge in [-0.25, -0.2) is 0 Å². The van der Waals surface area contributed by atoms with E-state index in [1.807, 2.05) is 16.8 Å². The number of piperidine rings is 1. The molecule has 0 aliphatic carbocycles. The second-order valence-electron chi connectivity index (χ2n) is 5.92.